The Hall–Kier alpha value is -1.46. The van der Waals surface area contributed by atoms with Crippen LogP contribution in [0.15, 0.2) is 48.5 Å². The summed E-state index contributed by atoms with van der Waals surface area (Å²) in [7, 11) is 1.74. The SMILES string of the molecule is CCS(CC)(CC)CCCNc1ccc(N(C)c2ccc(NCCCS)cc2)cc1. The molecule has 3 nitrogen and oxygen atoms in total. The van der Waals surface area contributed by atoms with Crippen molar-refractivity contribution in [3.63, 3.8) is 0 Å². The summed E-state index contributed by atoms with van der Waals surface area (Å²) in [6, 6.07) is 17.4. The molecular formula is C25H41N3S2. The minimum Gasteiger partial charge on any atom is -0.385 e. The highest BCUT2D eigenvalue weighted by molar-refractivity contribution is 8.33. The summed E-state index contributed by atoms with van der Waals surface area (Å²) in [5.74, 6) is 6.41. The summed E-state index contributed by atoms with van der Waals surface area (Å²) >= 11 is 4.25. The van der Waals surface area contributed by atoms with E-state index in [-0.39, 0.29) is 10.0 Å². The van der Waals surface area contributed by atoms with Gasteiger partial charge in [0.05, 0.1) is 0 Å². The summed E-state index contributed by atoms with van der Waals surface area (Å²) in [4.78, 5) is 2.22. The van der Waals surface area contributed by atoms with Gasteiger partial charge in [0.25, 0.3) is 0 Å². The number of hydrogen-bond donors (Lipinski definition) is 3. The third kappa shape index (κ3) is 7.35. The van der Waals surface area contributed by atoms with E-state index in [0.29, 0.717) is 0 Å². The van der Waals surface area contributed by atoms with E-state index in [2.05, 4.69) is 105 Å². The van der Waals surface area contributed by atoms with Crippen LogP contribution in [0.3, 0.4) is 0 Å². The predicted octanol–water partition coefficient (Wildman–Crippen LogP) is 6.85. The van der Waals surface area contributed by atoms with E-state index in [9.17, 15) is 0 Å². The van der Waals surface area contributed by atoms with E-state index >= 15 is 0 Å². The molecule has 5 heteroatoms. The molecule has 0 aromatic heterocycles. The van der Waals surface area contributed by atoms with Crippen LogP contribution >= 0.6 is 22.7 Å². The van der Waals surface area contributed by atoms with Gasteiger partial charge in [0, 0.05) is 42.9 Å². The maximum atomic E-state index is 4.25. The van der Waals surface area contributed by atoms with E-state index in [1.165, 1.54) is 46.5 Å². The zero-order valence-corrected chi connectivity index (χ0v) is 21.0. The first kappa shape index (κ1) is 24.8. The second kappa shape index (κ2) is 13.1. The van der Waals surface area contributed by atoms with Gasteiger partial charge < -0.3 is 15.5 Å². The Kier molecular flexibility index (Phi) is 10.8. The highest BCUT2D eigenvalue weighted by Gasteiger charge is 2.16. The Labute approximate surface area is 191 Å². The highest BCUT2D eigenvalue weighted by Crippen LogP contribution is 2.47. The van der Waals surface area contributed by atoms with Crippen LogP contribution in [-0.2, 0) is 0 Å². The minimum atomic E-state index is -0.378. The molecule has 2 aromatic carbocycles. The average Bonchev–Trinajstić information content (AvgIpc) is 2.80. The number of nitrogens with zero attached hydrogens (tertiary/aromatic N) is 1. The van der Waals surface area contributed by atoms with Crippen LogP contribution in [0.4, 0.5) is 22.7 Å². The second-order valence-corrected chi connectivity index (χ2v) is 12.8. The van der Waals surface area contributed by atoms with E-state index in [1.54, 1.807) is 0 Å². The molecule has 0 aliphatic carbocycles. The fraction of sp³-hybridized carbons (Fsp3) is 0.520. The van der Waals surface area contributed by atoms with Crippen molar-refractivity contribution in [3.05, 3.63) is 48.5 Å². The molecule has 2 rings (SSSR count). The molecule has 0 fully saturated rings. The van der Waals surface area contributed by atoms with Crippen molar-refractivity contribution < 1.29 is 0 Å². The smallest absolute Gasteiger partial charge is 0.0409 e. The fourth-order valence-corrected chi connectivity index (χ4v) is 6.73. The van der Waals surface area contributed by atoms with Gasteiger partial charge in [-0.15, -0.1) is 0 Å². The molecule has 0 atom stereocenters. The molecule has 0 bridgehead atoms. The van der Waals surface area contributed by atoms with Crippen molar-refractivity contribution in [3.8, 4) is 0 Å². The number of benzene rings is 2. The molecule has 0 amide bonds. The van der Waals surface area contributed by atoms with Gasteiger partial charge in [0.1, 0.15) is 0 Å². The Balaban J connectivity index is 1.84. The molecule has 2 N–H and O–H groups in total. The topological polar surface area (TPSA) is 27.3 Å². The van der Waals surface area contributed by atoms with Crippen molar-refractivity contribution in [2.45, 2.75) is 33.6 Å². The first-order valence-electron chi connectivity index (χ1n) is 11.3. The summed E-state index contributed by atoms with van der Waals surface area (Å²) in [5, 5.41) is 7.04. The molecule has 0 radical (unpaired) electrons. The van der Waals surface area contributed by atoms with Gasteiger partial charge >= 0.3 is 0 Å². The Morgan fingerprint density at radius 1 is 0.733 bits per heavy atom. The van der Waals surface area contributed by atoms with Gasteiger partial charge in [-0.1, -0.05) is 20.8 Å². The average molecular weight is 448 g/mol. The first-order valence-corrected chi connectivity index (χ1v) is 14.3. The van der Waals surface area contributed by atoms with Crippen LogP contribution in [0.25, 0.3) is 0 Å². The summed E-state index contributed by atoms with van der Waals surface area (Å²) in [5.41, 5.74) is 4.76. The molecule has 0 aliphatic rings. The molecule has 2 aromatic rings. The lowest BCUT2D eigenvalue weighted by Gasteiger charge is -2.37. The van der Waals surface area contributed by atoms with Crippen molar-refractivity contribution in [1.29, 1.82) is 0 Å². The van der Waals surface area contributed by atoms with Crippen molar-refractivity contribution >= 4 is 45.4 Å². The van der Waals surface area contributed by atoms with Crippen molar-refractivity contribution in [2.75, 3.05) is 64.4 Å². The number of rotatable bonds is 14. The lowest BCUT2D eigenvalue weighted by Crippen LogP contribution is -2.16. The predicted molar refractivity (Wildman–Crippen MR) is 145 cm³/mol. The minimum absolute atomic E-state index is 0.378. The molecule has 0 unspecified atom stereocenters. The maximum absolute atomic E-state index is 4.25. The fourth-order valence-electron chi connectivity index (χ4n) is 3.72. The molecule has 30 heavy (non-hydrogen) atoms. The van der Waals surface area contributed by atoms with Gasteiger partial charge in [-0.05, 0) is 90.1 Å². The standard InChI is InChI=1S/C25H41N3S2/c1-5-30(6-2,7-3)21-9-19-27-23-12-16-25(17-13-23)28(4)24-14-10-22(11-15-24)26-18-8-20-29/h10-17,26-27,29H,5-9,18-21H2,1-4H3. The van der Waals surface area contributed by atoms with Gasteiger partial charge in [0.2, 0.25) is 0 Å². The van der Waals surface area contributed by atoms with Gasteiger partial charge in [-0.2, -0.15) is 12.6 Å². The van der Waals surface area contributed by atoms with Crippen LogP contribution in [-0.4, -0.2) is 48.9 Å². The first-order chi connectivity index (χ1) is 14.6. The molecule has 0 saturated heterocycles. The van der Waals surface area contributed by atoms with Crippen LogP contribution in [0.1, 0.15) is 33.6 Å². The lowest BCUT2D eigenvalue weighted by molar-refractivity contribution is 0.979. The molecular weight excluding hydrogens is 406 g/mol. The molecule has 0 aliphatic heterocycles. The van der Waals surface area contributed by atoms with Crippen molar-refractivity contribution in [2.24, 2.45) is 0 Å². The molecule has 0 spiro atoms. The Morgan fingerprint density at radius 3 is 1.57 bits per heavy atom. The van der Waals surface area contributed by atoms with Crippen LogP contribution in [0.5, 0.6) is 0 Å². The lowest BCUT2D eigenvalue weighted by atomic mass is 10.2. The second-order valence-electron chi connectivity index (χ2n) is 7.73. The van der Waals surface area contributed by atoms with E-state index in [1.807, 2.05) is 0 Å². The zero-order chi connectivity index (χ0) is 21.8. The van der Waals surface area contributed by atoms with Gasteiger partial charge in [-0.3, -0.25) is 0 Å². The number of nitrogens with one attached hydrogen (secondary N) is 2. The summed E-state index contributed by atoms with van der Waals surface area (Å²) < 4.78 is 0. The third-order valence-corrected chi connectivity index (χ3v) is 11.2. The van der Waals surface area contributed by atoms with Gasteiger partial charge in [-0.25, -0.2) is 10.0 Å². The largest absolute Gasteiger partial charge is 0.385 e. The van der Waals surface area contributed by atoms with Gasteiger partial charge in [0.15, 0.2) is 0 Å². The zero-order valence-electron chi connectivity index (χ0n) is 19.3. The molecule has 0 heterocycles. The maximum Gasteiger partial charge on any atom is 0.0409 e. The van der Waals surface area contributed by atoms with Crippen LogP contribution in [0.2, 0.25) is 0 Å². The number of anilines is 4. The van der Waals surface area contributed by atoms with Crippen LogP contribution < -0.4 is 15.5 Å². The normalized spacial score (nSPS) is 11.9. The van der Waals surface area contributed by atoms with Crippen LogP contribution in [0, 0.1) is 0 Å². The molecule has 168 valence electrons. The quantitative estimate of drug-likeness (QED) is 0.218. The number of hydrogen-bond acceptors (Lipinski definition) is 4. The van der Waals surface area contributed by atoms with E-state index < -0.39 is 0 Å². The summed E-state index contributed by atoms with van der Waals surface area (Å²) in [6.45, 7) is 9.15. The summed E-state index contributed by atoms with van der Waals surface area (Å²) in [6.07, 6.45) is 2.34. The Morgan fingerprint density at radius 2 is 1.17 bits per heavy atom. The van der Waals surface area contributed by atoms with Crippen molar-refractivity contribution in [1.82, 2.24) is 0 Å². The van der Waals surface area contributed by atoms with E-state index in [4.69, 9.17) is 0 Å². The number of thiol groups is 1. The third-order valence-electron chi connectivity index (χ3n) is 6.09. The van der Waals surface area contributed by atoms with E-state index in [0.717, 1.165) is 31.0 Å². The molecule has 0 saturated carbocycles. The monoisotopic (exact) mass is 447 g/mol. The highest BCUT2D eigenvalue weighted by atomic mass is 32.3. The Bertz CT molecular complexity index is 704.